The lowest BCUT2D eigenvalue weighted by atomic mass is 9.73. The molecule has 0 bridgehead atoms. The van der Waals surface area contributed by atoms with Crippen LogP contribution in [0.3, 0.4) is 0 Å². The molecule has 3 saturated carbocycles. The van der Waals surface area contributed by atoms with Crippen LogP contribution in [0.5, 0.6) is 0 Å². The van der Waals surface area contributed by atoms with E-state index < -0.39 is 0 Å². The van der Waals surface area contributed by atoms with E-state index in [1.807, 2.05) is 0 Å². The van der Waals surface area contributed by atoms with Crippen molar-refractivity contribution in [3.63, 3.8) is 0 Å². The molecule has 0 saturated heterocycles. The van der Waals surface area contributed by atoms with Crippen molar-refractivity contribution in [1.82, 2.24) is 0 Å². The van der Waals surface area contributed by atoms with Crippen molar-refractivity contribution < 1.29 is 0 Å². The summed E-state index contributed by atoms with van der Waals surface area (Å²) in [5, 5.41) is 0. The number of hydrogen-bond acceptors (Lipinski definition) is 0. The predicted octanol–water partition coefficient (Wildman–Crippen LogP) is 3.71. The summed E-state index contributed by atoms with van der Waals surface area (Å²) in [5.41, 5.74) is 1.55. The largest absolute Gasteiger partial charge is 0.0648 e. The maximum Gasteiger partial charge on any atom is -0.0263 e. The van der Waals surface area contributed by atoms with Gasteiger partial charge in [-0.2, -0.15) is 0 Å². The maximum atomic E-state index is 2.53. The molecular formula is C13H22. The highest BCUT2D eigenvalue weighted by Crippen LogP contribution is 2.81. The van der Waals surface area contributed by atoms with E-state index >= 15 is 0 Å². The van der Waals surface area contributed by atoms with E-state index in [4.69, 9.17) is 0 Å². The van der Waals surface area contributed by atoms with Gasteiger partial charge in [0.15, 0.2) is 0 Å². The third-order valence-corrected chi connectivity index (χ3v) is 6.19. The zero-order chi connectivity index (χ0) is 9.43. The maximum absolute atomic E-state index is 2.53. The number of rotatable bonds is 2. The molecule has 6 unspecified atom stereocenters. The van der Waals surface area contributed by atoms with Gasteiger partial charge in [0.25, 0.3) is 0 Å². The van der Waals surface area contributed by atoms with Crippen LogP contribution < -0.4 is 0 Å². The molecule has 3 fully saturated rings. The highest BCUT2D eigenvalue weighted by Gasteiger charge is 2.75. The smallest absolute Gasteiger partial charge is 0.0263 e. The molecular weight excluding hydrogens is 156 g/mol. The van der Waals surface area contributed by atoms with Crippen molar-refractivity contribution in [1.29, 1.82) is 0 Å². The Kier molecular flexibility index (Phi) is 1.27. The van der Waals surface area contributed by atoms with E-state index in [1.54, 1.807) is 6.42 Å². The highest BCUT2D eigenvalue weighted by molar-refractivity contribution is 5.23. The first-order valence-corrected chi connectivity index (χ1v) is 6.04. The van der Waals surface area contributed by atoms with Crippen LogP contribution in [0.25, 0.3) is 0 Å². The molecule has 0 heterocycles. The van der Waals surface area contributed by atoms with E-state index in [9.17, 15) is 0 Å². The quantitative estimate of drug-likeness (QED) is 0.604. The first-order valence-electron chi connectivity index (χ1n) is 6.04. The molecule has 0 aromatic heterocycles. The molecule has 3 rings (SSSR count). The Hall–Kier alpha value is 0. The highest BCUT2D eigenvalue weighted by atomic mass is 14.8. The van der Waals surface area contributed by atoms with Crippen LogP contribution in [0.2, 0.25) is 0 Å². The lowest BCUT2D eigenvalue weighted by molar-refractivity contribution is 0.166. The van der Waals surface area contributed by atoms with Crippen LogP contribution in [-0.4, -0.2) is 0 Å². The fourth-order valence-electron chi connectivity index (χ4n) is 4.37. The summed E-state index contributed by atoms with van der Waals surface area (Å²) < 4.78 is 0. The molecule has 74 valence electrons. The zero-order valence-electron chi connectivity index (χ0n) is 9.43. The van der Waals surface area contributed by atoms with Crippen molar-refractivity contribution in [2.75, 3.05) is 0 Å². The van der Waals surface area contributed by atoms with Crippen LogP contribution in [0, 0.1) is 34.5 Å². The SMILES string of the molecule is CCC1(C)C2CC(C3(C)CC3C)C21. The van der Waals surface area contributed by atoms with E-state index in [1.165, 1.54) is 12.8 Å². The third kappa shape index (κ3) is 0.750. The van der Waals surface area contributed by atoms with Crippen molar-refractivity contribution in [2.45, 2.75) is 47.0 Å². The molecule has 0 heteroatoms. The van der Waals surface area contributed by atoms with Gasteiger partial charge in [-0.05, 0) is 47.3 Å². The summed E-state index contributed by atoms with van der Waals surface area (Å²) >= 11 is 0. The zero-order valence-corrected chi connectivity index (χ0v) is 9.43. The molecule has 0 spiro atoms. The summed E-state index contributed by atoms with van der Waals surface area (Å²) in [6.07, 6.45) is 4.50. The van der Waals surface area contributed by atoms with Crippen molar-refractivity contribution in [2.24, 2.45) is 34.5 Å². The second kappa shape index (κ2) is 1.99. The standard InChI is InChI=1S/C13H22/c1-5-12(3)9-6-10(11(9)12)13(4)7-8(13)2/h8-11H,5-7H2,1-4H3. The monoisotopic (exact) mass is 178 g/mol. The van der Waals surface area contributed by atoms with Crippen LogP contribution in [0.1, 0.15) is 47.0 Å². The fraction of sp³-hybridized carbons (Fsp3) is 1.00. The summed E-state index contributed by atoms with van der Waals surface area (Å²) in [6, 6.07) is 0. The number of fused-ring (bicyclic) bond motifs is 1. The van der Waals surface area contributed by atoms with Gasteiger partial charge in [-0.15, -0.1) is 0 Å². The molecule has 3 aliphatic carbocycles. The Labute approximate surface area is 82.1 Å². The topological polar surface area (TPSA) is 0 Å². The molecule has 0 radical (unpaired) electrons. The summed E-state index contributed by atoms with van der Waals surface area (Å²) in [5.74, 6) is 4.40. The molecule has 13 heavy (non-hydrogen) atoms. The lowest BCUT2D eigenvalue weighted by Crippen LogP contribution is -2.25. The van der Waals surface area contributed by atoms with E-state index in [2.05, 4.69) is 27.7 Å². The van der Waals surface area contributed by atoms with Gasteiger partial charge in [-0.1, -0.05) is 34.1 Å². The predicted molar refractivity (Wildman–Crippen MR) is 55.4 cm³/mol. The Bertz CT molecular complexity index is 257. The van der Waals surface area contributed by atoms with Crippen LogP contribution in [0.15, 0.2) is 0 Å². The molecule has 0 amide bonds. The minimum absolute atomic E-state index is 0.772. The van der Waals surface area contributed by atoms with Gasteiger partial charge in [0, 0.05) is 0 Å². The molecule has 6 atom stereocenters. The summed E-state index contributed by atoms with van der Waals surface area (Å²) in [4.78, 5) is 0. The van der Waals surface area contributed by atoms with Crippen LogP contribution >= 0.6 is 0 Å². The van der Waals surface area contributed by atoms with E-state index in [0.717, 1.165) is 34.5 Å². The average Bonchev–Trinajstić information content (AvgIpc) is 2.71. The van der Waals surface area contributed by atoms with Crippen LogP contribution in [0.4, 0.5) is 0 Å². The van der Waals surface area contributed by atoms with Crippen molar-refractivity contribution in [3.8, 4) is 0 Å². The van der Waals surface area contributed by atoms with Gasteiger partial charge in [0.2, 0.25) is 0 Å². The van der Waals surface area contributed by atoms with Gasteiger partial charge in [-0.3, -0.25) is 0 Å². The molecule has 0 aliphatic heterocycles. The van der Waals surface area contributed by atoms with Gasteiger partial charge < -0.3 is 0 Å². The Morgan fingerprint density at radius 3 is 2.23 bits per heavy atom. The minimum atomic E-state index is 0.772. The van der Waals surface area contributed by atoms with E-state index in [-0.39, 0.29) is 0 Å². The van der Waals surface area contributed by atoms with Crippen molar-refractivity contribution >= 4 is 0 Å². The Balaban J connectivity index is 1.74. The summed E-state index contributed by atoms with van der Waals surface area (Å²) in [7, 11) is 0. The summed E-state index contributed by atoms with van der Waals surface area (Å²) in [6.45, 7) is 9.89. The van der Waals surface area contributed by atoms with Gasteiger partial charge in [0.1, 0.15) is 0 Å². The number of hydrogen-bond donors (Lipinski definition) is 0. The van der Waals surface area contributed by atoms with Gasteiger partial charge in [0.05, 0.1) is 0 Å². The second-order valence-electron chi connectivity index (χ2n) is 6.44. The molecule has 0 nitrogen and oxygen atoms in total. The lowest BCUT2D eigenvalue weighted by Gasteiger charge is -2.31. The minimum Gasteiger partial charge on any atom is -0.0648 e. The van der Waals surface area contributed by atoms with Gasteiger partial charge in [-0.25, -0.2) is 0 Å². The molecule has 0 N–H and O–H groups in total. The third-order valence-electron chi connectivity index (χ3n) is 6.19. The Morgan fingerprint density at radius 2 is 1.85 bits per heavy atom. The van der Waals surface area contributed by atoms with Crippen LogP contribution in [-0.2, 0) is 0 Å². The van der Waals surface area contributed by atoms with E-state index in [0.29, 0.717) is 0 Å². The second-order valence-corrected chi connectivity index (χ2v) is 6.44. The molecule has 0 aromatic rings. The first-order chi connectivity index (χ1) is 6.04. The average molecular weight is 178 g/mol. The van der Waals surface area contributed by atoms with Gasteiger partial charge >= 0.3 is 0 Å². The first kappa shape index (κ1) is 8.32. The molecule has 0 aromatic carbocycles. The normalized spacial score (nSPS) is 68.3. The fourth-order valence-corrected chi connectivity index (χ4v) is 4.37. The Morgan fingerprint density at radius 1 is 1.23 bits per heavy atom. The molecule has 3 aliphatic rings. The van der Waals surface area contributed by atoms with Crippen molar-refractivity contribution in [3.05, 3.63) is 0 Å².